The quantitative estimate of drug-likeness (QED) is 0.183. The van der Waals surface area contributed by atoms with Crippen molar-refractivity contribution in [3.05, 3.63) is 82.4 Å². The zero-order chi connectivity index (χ0) is 27.4. The summed E-state index contributed by atoms with van der Waals surface area (Å²) in [5.41, 5.74) is 2.00. The number of halogens is 1. The number of carbonyl (C=O) groups is 1. The van der Waals surface area contributed by atoms with E-state index in [0.717, 1.165) is 35.5 Å². The SMILES string of the molecule is C=CC=N/C(=C\C)CCSc1cc2c(cc1F)c(=O)c(C(=O)NCCN1CCCC1)c1sc3ccccc3n12. The first-order valence-corrected chi connectivity index (χ1v) is 14.9. The van der Waals surface area contributed by atoms with Gasteiger partial charge < -0.3 is 10.2 Å². The Bertz CT molecular complexity index is 1660. The summed E-state index contributed by atoms with van der Waals surface area (Å²) in [6, 6.07) is 10.8. The Kier molecular flexibility index (Phi) is 8.60. The average molecular weight is 563 g/mol. The Hall–Kier alpha value is -3.27. The fourth-order valence-electron chi connectivity index (χ4n) is 4.96. The van der Waals surface area contributed by atoms with Crippen LogP contribution in [0.25, 0.3) is 25.9 Å². The van der Waals surface area contributed by atoms with E-state index >= 15 is 4.39 Å². The number of nitrogens with one attached hydrogen (secondary N) is 1. The van der Waals surface area contributed by atoms with Crippen LogP contribution in [0.4, 0.5) is 4.39 Å². The summed E-state index contributed by atoms with van der Waals surface area (Å²) in [4.78, 5) is 34.8. The minimum absolute atomic E-state index is 0.0720. The van der Waals surface area contributed by atoms with E-state index in [-0.39, 0.29) is 10.9 Å². The minimum Gasteiger partial charge on any atom is -0.351 e. The lowest BCUT2D eigenvalue weighted by Crippen LogP contribution is -2.35. The molecule has 0 saturated carbocycles. The topological polar surface area (TPSA) is 66.2 Å². The smallest absolute Gasteiger partial charge is 0.258 e. The Morgan fingerprint density at radius 1 is 1.23 bits per heavy atom. The molecule has 1 aliphatic rings. The van der Waals surface area contributed by atoms with E-state index in [1.165, 1.54) is 42.0 Å². The molecule has 1 saturated heterocycles. The second-order valence-electron chi connectivity index (χ2n) is 9.41. The first-order chi connectivity index (χ1) is 19.0. The number of benzene rings is 2. The number of thioether (sulfide) groups is 1. The van der Waals surface area contributed by atoms with E-state index in [0.29, 0.717) is 34.0 Å². The maximum Gasteiger partial charge on any atom is 0.258 e. The molecule has 39 heavy (non-hydrogen) atoms. The fraction of sp³-hybridized carbons (Fsp3) is 0.300. The molecule has 0 spiro atoms. The maximum absolute atomic E-state index is 15.3. The maximum atomic E-state index is 15.3. The number of pyridine rings is 1. The summed E-state index contributed by atoms with van der Waals surface area (Å²) < 4.78 is 18.2. The molecule has 1 N–H and O–H groups in total. The van der Waals surface area contributed by atoms with Crippen molar-refractivity contribution in [1.29, 1.82) is 0 Å². The number of hydrogen-bond donors (Lipinski definition) is 1. The van der Waals surface area contributed by atoms with Crippen molar-refractivity contribution in [2.75, 3.05) is 31.9 Å². The van der Waals surface area contributed by atoms with Gasteiger partial charge in [0.2, 0.25) is 5.43 Å². The largest absolute Gasteiger partial charge is 0.351 e. The molecule has 202 valence electrons. The summed E-state index contributed by atoms with van der Waals surface area (Å²) in [7, 11) is 0. The summed E-state index contributed by atoms with van der Waals surface area (Å²) in [6.45, 7) is 8.84. The lowest BCUT2D eigenvalue weighted by molar-refractivity contribution is 0.0950. The molecular formula is C30H31FN4O2S2. The summed E-state index contributed by atoms with van der Waals surface area (Å²) >= 11 is 2.79. The standard InChI is InChI=1S/C30H31FN4O2S2/c1-3-12-32-20(4-2)11-17-38-26-19-24-21(18-22(26)31)28(36)27(29(37)33-13-16-34-14-7-8-15-34)30-35(24)23-9-5-6-10-25(23)39-30/h3-6,9-10,12,18-19H,1,7-8,11,13-17H2,2H3,(H,33,37)/b20-4-,32-12?. The van der Waals surface area contributed by atoms with Gasteiger partial charge >= 0.3 is 0 Å². The zero-order valence-corrected chi connectivity index (χ0v) is 23.5. The molecule has 1 amide bonds. The monoisotopic (exact) mass is 562 g/mol. The van der Waals surface area contributed by atoms with Crippen molar-refractivity contribution >= 4 is 61.2 Å². The number of amides is 1. The summed E-state index contributed by atoms with van der Waals surface area (Å²) in [6.07, 6.45) is 8.20. The van der Waals surface area contributed by atoms with Crippen LogP contribution in [0, 0.1) is 5.82 Å². The van der Waals surface area contributed by atoms with E-state index in [1.54, 1.807) is 18.4 Å². The highest BCUT2D eigenvalue weighted by Gasteiger charge is 2.23. The predicted molar refractivity (Wildman–Crippen MR) is 162 cm³/mol. The van der Waals surface area contributed by atoms with Gasteiger partial charge in [-0.25, -0.2) is 4.39 Å². The molecule has 2 aromatic carbocycles. The third-order valence-electron chi connectivity index (χ3n) is 6.93. The van der Waals surface area contributed by atoms with E-state index in [1.807, 2.05) is 41.7 Å². The van der Waals surface area contributed by atoms with Crippen molar-refractivity contribution in [3.8, 4) is 0 Å². The number of fused-ring (bicyclic) bond motifs is 5. The molecule has 0 bridgehead atoms. The van der Waals surface area contributed by atoms with Crippen molar-refractivity contribution in [1.82, 2.24) is 14.6 Å². The number of carbonyl (C=O) groups excluding carboxylic acids is 1. The third-order valence-corrected chi connectivity index (χ3v) is 9.10. The number of aromatic nitrogens is 1. The van der Waals surface area contributed by atoms with Gasteiger partial charge in [0, 0.05) is 41.0 Å². The van der Waals surface area contributed by atoms with Gasteiger partial charge in [-0.05, 0) is 63.5 Å². The van der Waals surface area contributed by atoms with Crippen LogP contribution in [0.1, 0.15) is 36.5 Å². The molecule has 2 aromatic heterocycles. The average Bonchev–Trinajstić information content (AvgIpc) is 3.59. The van der Waals surface area contributed by atoms with Gasteiger partial charge in [0.25, 0.3) is 5.91 Å². The first-order valence-electron chi connectivity index (χ1n) is 13.1. The first kappa shape index (κ1) is 27.3. The Morgan fingerprint density at radius 3 is 2.79 bits per heavy atom. The molecule has 0 radical (unpaired) electrons. The number of hydrogen-bond acceptors (Lipinski definition) is 6. The van der Waals surface area contributed by atoms with E-state index < -0.39 is 17.2 Å². The third kappa shape index (κ3) is 5.71. The lowest BCUT2D eigenvalue weighted by Gasteiger charge is -2.15. The van der Waals surface area contributed by atoms with Gasteiger partial charge in [0.15, 0.2) is 0 Å². The number of allylic oxidation sites excluding steroid dienone is 3. The molecular weight excluding hydrogens is 531 g/mol. The molecule has 1 fully saturated rings. The Morgan fingerprint density at radius 2 is 2.03 bits per heavy atom. The normalized spacial score (nSPS) is 14.8. The predicted octanol–water partition coefficient (Wildman–Crippen LogP) is 6.27. The minimum atomic E-state index is -0.471. The molecule has 3 heterocycles. The van der Waals surface area contributed by atoms with Crippen molar-refractivity contribution in [3.63, 3.8) is 0 Å². The molecule has 0 unspecified atom stereocenters. The van der Waals surface area contributed by atoms with Crippen molar-refractivity contribution in [2.45, 2.75) is 31.1 Å². The number of rotatable bonds is 10. The summed E-state index contributed by atoms with van der Waals surface area (Å²) in [5, 5.41) is 3.15. The van der Waals surface area contributed by atoms with Crippen LogP contribution < -0.4 is 10.7 Å². The van der Waals surface area contributed by atoms with Crippen LogP contribution in [0.5, 0.6) is 0 Å². The van der Waals surface area contributed by atoms with Gasteiger partial charge in [-0.1, -0.05) is 30.9 Å². The lowest BCUT2D eigenvalue weighted by atomic mass is 10.1. The zero-order valence-electron chi connectivity index (χ0n) is 21.9. The number of likely N-dealkylation sites (tertiary alicyclic amines) is 1. The molecule has 9 heteroatoms. The van der Waals surface area contributed by atoms with Gasteiger partial charge in [-0.15, -0.1) is 23.1 Å². The van der Waals surface area contributed by atoms with Gasteiger partial charge in [0.1, 0.15) is 16.2 Å². The Balaban J connectivity index is 1.54. The van der Waals surface area contributed by atoms with Crippen LogP contribution in [-0.4, -0.2) is 53.4 Å². The number of aliphatic imine (C=N–C) groups is 1. The summed E-state index contributed by atoms with van der Waals surface area (Å²) in [5.74, 6) is -0.264. The molecule has 6 nitrogen and oxygen atoms in total. The van der Waals surface area contributed by atoms with Crippen LogP contribution in [0.15, 0.2) is 75.5 Å². The van der Waals surface area contributed by atoms with Gasteiger partial charge in [0.05, 0.1) is 15.7 Å². The molecule has 0 aliphatic carbocycles. The fourth-order valence-corrected chi connectivity index (χ4v) is 7.08. The van der Waals surface area contributed by atoms with Gasteiger partial charge in [-0.3, -0.25) is 19.0 Å². The van der Waals surface area contributed by atoms with E-state index in [2.05, 4.69) is 21.8 Å². The number of para-hydroxylation sites is 1. The van der Waals surface area contributed by atoms with Crippen molar-refractivity contribution < 1.29 is 9.18 Å². The highest BCUT2D eigenvalue weighted by molar-refractivity contribution is 7.99. The highest BCUT2D eigenvalue weighted by atomic mass is 32.2. The van der Waals surface area contributed by atoms with E-state index in [4.69, 9.17) is 0 Å². The molecule has 1 aliphatic heterocycles. The second-order valence-corrected chi connectivity index (χ2v) is 11.6. The van der Waals surface area contributed by atoms with Crippen molar-refractivity contribution in [2.24, 2.45) is 4.99 Å². The van der Waals surface area contributed by atoms with Crippen LogP contribution in [0.2, 0.25) is 0 Å². The molecule has 4 aromatic rings. The highest BCUT2D eigenvalue weighted by Crippen LogP contribution is 2.34. The number of thiazole rings is 1. The van der Waals surface area contributed by atoms with Crippen LogP contribution in [0.3, 0.4) is 0 Å². The Labute approximate surface area is 234 Å². The molecule has 5 rings (SSSR count). The molecule has 0 atom stereocenters. The van der Waals surface area contributed by atoms with Gasteiger partial charge in [-0.2, -0.15) is 0 Å². The van der Waals surface area contributed by atoms with E-state index in [9.17, 15) is 9.59 Å². The van der Waals surface area contributed by atoms with Crippen LogP contribution in [-0.2, 0) is 0 Å². The second kappa shape index (κ2) is 12.3. The number of nitrogens with zero attached hydrogens (tertiary/aromatic N) is 3. The van der Waals surface area contributed by atoms with Crippen LogP contribution >= 0.6 is 23.1 Å².